The predicted molar refractivity (Wildman–Crippen MR) is 65.1 cm³/mol. The molecule has 0 radical (unpaired) electrons. The molecule has 5 nitrogen and oxygen atoms in total. The van der Waals surface area contributed by atoms with Crippen LogP contribution in [0.15, 0.2) is 12.2 Å². The van der Waals surface area contributed by atoms with E-state index in [4.69, 9.17) is 5.73 Å². The largest absolute Gasteiger partial charge is 0.327 e. The molecule has 0 aromatic heterocycles. The molecule has 0 aromatic carbocycles. The Morgan fingerprint density at radius 2 is 2.00 bits per heavy atom. The standard InChI is InChI=1S/C10H21N3O2S/c1-10-4-8-13(9-5-10)16(14,15)12-7-3-2-6-11/h2-3,10,12H,4-9,11H2,1H3/b3-2+. The summed E-state index contributed by atoms with van der Waals surface area (Å²) in [6, 6.07) is 0. The van der Waals surface area contributed by atoms with Crippen LogP contribution in [-0.4, -0.2) is 38.9 Å². The van der Waals surface area contributed by atoms with Gasteiger partial charge in [-0.15, -0.1) is 0 Å². The highest BCUT2D eigenvalue weighted by Gasteiger charge is 2.25. The second-order valence-electron chi connectivity index (χ2n) is 4.14. The molecule has 1 aliphatic rings. The molecule has 0 saturated carbocycles. The molecular weight excluding hydrogens is 226 g/mol. The number of nitrogens with one attached hydrogen (secondary N) is 1. The molecule has 0 aromatic rings. The Hall–Kier alpha value is -0.430. The summed E-state index contributed by atoms with van der Waals surface area (Å²) < 4.78 is 27.7. The van der Waals surface area contributed by atoms with Gasteiger partial charge in [0.1, 0.15) is 0 Å². The molecular formula is C10H21N3O2S. The summed E-state index contributed by atoms with van der Waals surface area (Å²) in [5.74, 6) is 0.628. The number of piperidine rings is 1. The van der Waals surface area contributed by atoms with E-state index in [2.05, 4.69) is 11.6 Å². The SMILES string of the molecule is CC1CCN(S(=O)(=O)NC/C=C/CN)CC1. The molecule has 0 unspecified atom stereocenters. The zero-order chi connectivity index (χ0) is 12.0. The fourth-order valence-corrected chi connectivity index (χ4v) is 2.83. The molecule has 0 aliphatic carbocycles. The van der Waals surface area contributed by atoms with E-state index >= 15 is 0 Å². The number of hydrogen-bond acceptors (Lipinski definition) is 3. The van der Waals surface area contributed by atoms with Gasteiger partial charge in [0, 0.05) is 26.2 Å². The number of nitrogens with two attached hydrogens (primary N) is 1. The third-order valence-corrected chi connectivity index (χ3v) is 4.35. The smallest absolute Gasteiger partial charge is 0.279 e. The maximum absolute atomic E-state index is 11.8. The second kappa shape index (κ2) is 6.34. The summed E-state index contributed by atoms with van der Waals surface area (Å²) in [6.45, 7) is 4.14. The van der Waals surface area contributed by atoms with Crippen LogP contribution >= 0.6 is 0 Å². The highest BCUT2D eigenvalue weighted by Crippen LogP contribution is 2.17. The summed E-state index contributed by atoms with van der Waals surface area (Å²) in [5, 5.41) is 0. The van der Waals surface area contributed by atoms with Crippen LogP contribution in [0.3, 0.4) is 0 Å². The van der Waals surface area contributed by atoms with E-state index < -0.39 is 10.2 Å². The number of rotatable bonds is 5. The summed E-state index contributed by atoms with van der Waals surface area (Å²) in [6.07, 6.45) is 5.35. The van der Waals surface area contributed by atoms with Crippen molar-refractivity contribution in [2.24, 2.45) is 11.7 Å². The zero-order valence-corrected chi connectivity index (χ0v) is 10.5. The third kappa shape index (κ3) is 4.21. The Morgan fingerprint density at radius 1 is 1.38 bits per heavy atom. The van der Waals surface area contributed by atoms with Crippen molar-refractivity contribution >= 4 is 10.2 Å². The van der Waals surface area contributed by atoms with Crippen LogP contribution < -0.4 is 10.5 Å². The highest BCUT2D eigenvalue weighted by molar-refractivity contribution is 7.87. The Kier molecular flexibility index (Phi) is 5.40. The monoisotopic (exact) mass is 247 g/mol. The van der Waals surface area contributed by atoms with Crippen molar-refractivity contribution in [3.05, 3.63) is 12.2 Å². The van der Waals surface area contributed by atoms with Gasteiger partial charge >= 0.3 is 0 Å². The Morgan fingerprint density at radius 3 is 2.56 bits per heavy atom. The average molecular weight is 247 g/mol. The zero-order valence-electron chi connectivity index (χ0n) is 9.72. The second-order valence-corrected chi connectivity index (χ2v) is 5.90. The lowest BCUT2D eigenvalue weighted by atomic mass is 10.0. The van der Waals surface area contributed by atoms with Gasteiger partial charge in [0.15, 0.2) is 0 Å². The first-order chi connectivity index (χ1) is 7.56. The lowest BCUT2D eigenvalue weighted by Crippen LogP contribution is -2.44. The topological polar surface area (TPSA) is 75.4 Å². The van der Waals surface area contributed by atoms with Gasteiger partial charge in [-0.25, -0.2) is 0 Å². The van der Waals surface area contributed by atoms with E-state index in [1.807, 2.05) is 0 Å². The van der Waals surface area contributed by atoms with Crippen LogP contribution in [-0.2, 0) is 10.2 Å². The van der Waals surface area contributed by atoms with Crippen LogP contribution in [0.1, 0.15) is 19.8 Å². The van der Waals surface area contributed by atoms with Crippen LogP contribution in [0.2, 0.25) is 0 Å². The van der Waals surface area contributed by atoms with Gasteiger partial charge in [-0.3, -0.25) is 0 Å². The molecule has 94 valence electrons. The Balaban J connectivity index is 2.41. The van der Waals surface area contributed by atoms with Gasteiger partial charge in [-0.1, -0.05) is 19.1 Å². The maximum atomic E-state index is 11.8. The first kappa shape index (κ1) is 13.6. The van der Waals surface area contributed by atoms with Crippen LogP contribution in [0.4, 0.5) is 0 Å². The van der Waals surface area contributed by atoms with Crippen molar-refractivity contribution in [2.75, 3.05) is 26.2 Å². The molecule has 1 fully saturated rings. The van der Waals surface area contributed by atoms with Gasteiger partial charge in [0.25, 0.3) is 10.2 Å². The molecule has 0 spiro atoms. The summed E-state index contributed by atoms with van der Waals surface area (Å²) in [4.78, 5) is 0. The van der Waals surface area contributed by atoms with Crippen LogP contribution in [0.5, 0.6) is 0 Å². The minimum Gasteiger partial charge on any atom is -0.327 e. The molecule has 1 heterocycles. The van der Waals surface area contributed by atoms with Crippen molar-refractivity contribution in [3.63, 3.8) is 0 Å². The maximum Gasteiger partial charge on any atom is 0.279 e. The minimum absolute atomic E-state index is 0.311. The van der Waals surface area contributed by atoms with Gasteiger partial charge in [0.05, 0.1) is 0 Å². The lowest BCUT2D eigenvalue weighted by molar-refractivity contribution is 0.285. The summed E-state index contributed by atoms with van der Waals surface area (Å²) in [7, 11) is -3.30. The number of hydrogen-bond donors (Lipinski definition) is 2. The van der Waals surface area contributed by atoms with Gasteiger partial charge in [-0.05, 0) is 18.8 Å². The fourth-order valence-electron chi connectivity index (χ4n) is 1.65. The normalized spacial score (nSPS) is 20.6. The summed E-state index contributed by atoms with van der Waals surface area (Å²) in [5.41, 5.74) is 5.26. The molecule has 1 saturated heterocycles. The molecule has 1 rings (SSSR count). The van der Waals surface area contributed by atoms with E-state index in [1.165, 1.54) is 4.31 Å². The van der Waals surface area contributed by atoms with Crippen LogP contribution in [0.25, 0.3) is 0 Å². The van der Waals surface area contributed by atoms with Crippen molar-refractivity contribution < 1.29 is 8.42 Å². The number of nitrogens with zero attached hydrogens (tertiary/aromatic N) is 1. The van der Waals surface area contributed by atoms with Crippen molar-refractivity contribution in [1.82, 2.24) is 9.03 Å². The quantitative estimate of drug-likeness (QED) is 0.675. The van der Waals surface area contributed by atoms with Crippen LogP contribution in [0, 0.1) is 5.92 Å². The molecule has 3 N–H and O–H groups in total. The summed E-state index contributed by atoms with van der Waals surface area (Å²) >= 11 is 0. The minimum atomic E-state index is -3.30. The van der Waals surface area contributed by atoms with Crippen molar-refractivity contribution in [1.29, 1.82) is 0 Å². The van der Waals surface area contributed by atoms with E-state index in [0.29, 0.717) is 32.1 Å². The molecule has 6 heteroatoms. The van der Waals surface area contributed by atoms with Crippen molar-refractivity contribution in [2.45, 2.75) is 19.8 Å². The first-order valence-corrected chi connectivity index (χ1v) is 7.10. The van der Waals surface area contributed by atoms with E-state index in [0.717, 1.165) is 12.8 Å². The predicted octanol–water partition coefficient (Wildman–Crippen LogP) is 0.0676. The molecule has 0 amide bonds. The first-order valence-electron chi connectivity index (χ1n) is 5.66. The third-order valence-electron chi connectivity index (χ3n) is 2.77. The Bertz CT molecular complexity index is 319. The lowest BCUT2D eigenvalue weighted by Gasteiger charge is -2.29. The molecule has 0 atom stereocenters. The van der Waals surface area contributed by atoms with E-state index in [9.17, 15) is 8.42 Å². The van der Waals surface area contributed by atoms with E-state index in [-0.39, 0.29) is 0 Å². The molecule has 16 heavy (non-hydrogen) atoms. The van der Waals surface area contributed by atoms with Gasteiger partial charge < -0.3 is 5.73 Å². The van der Waals surface area contributed by atoms with E-state index in [1.54, 1.807) is 12.2 Å². The fraction of sp³-hybridized carbons (Fsp3) is 0.800. The molecule has 0 bridgehead atoms. The molecule has 1 aliphatic heterocycles. The Labute approximate surface area is 97.9 Å². The highest BCUT2D eigenvalue weighted by atomic mass is 32.2. The van der Waals surface area contributed by atoms with Gasteiger partial charge in [-0.2, -0.15) is 17.4 Å². The van der Waals surface area contributed by atoms with Crippen molar-refractivity contribution in [3.8, 4) is 0 Å². The van der Waals surface area contributed by atoms with Gasteiger partial charge in [0.2, 0.25) is 0 Å². The average Bonchev–Trinajstić information content (AvgIpc) is 2.25.